The van der Waals surface area contributed by atoms with Crippen LogP contribution in [-0.4, -0.2) is 35.6 Å². The summed E-state index contributed by atoms with van der Waals surface area (Å²) in [7, 11) is 1.68. The zero-order chi connectivity index (χ0) is 25.7. The molecule has 0 unspecified atom stereocenters. The van der Waals surface area contributed by atoms with Crippen LogP contribution in [0.2, 0.25) is 10.0 Å². The SMILES string of the molecule is CCOC(=O)c1ccc(N=C2S/C(=C\c3ccc(OCc4ccc(Cl)cc4Cl)cc3)C(=O)N2C)cc1. The van der Waals surface area contributed by atoms with Gasteiger partial charge in [0.1, 0.15) is 12.4 Å². The van der Waals surface area contributed by atoms with Gasteiger partial charge in [0.05, 0.1) is 22.8 Å². The van der Waals surface area contributed by atoms with Crippen molar-refractivity contribution in [3.63, 3.8) is 0 Å². The summed E-state index contributed by atoms with van der Waals surface area (Å²) in [6.07, 6.45) is 1.82. The molecule has 0 bridgehead atoms. The zero-order valence-electron chi connectivity index (χ0n) is 19.5. The fraction of sp³-hybridized carbons (Fsp3) is 0.148. The fourth-order valence-electron chi connectivity index (χ4n) is 3.26. The molecular formula is C27H22Cl2N2O4S. The number of benzene rings is 3. The molecule has 1 aliphatic heterocycles. The van der Waals surface area contributed by atoms with Crippen LogP contribution >= 0.6 is 35.0 Å². The minimum Gasteiger partial charge on any atom is -0.489 e. The number of carbonyl (C=O) groups excluding carboxylic acids is 2. The molecule has 0 aliphatic carbocycles. The molecule has 0 spiro atoms. The van der Waals surface area contributed by atoms with Crippen molar-refractivity contribution in [1.82, 2.24) is 4.90 Å². The summed E-state index contributed by atoms with van der Waals surface area (Å²) in [5, 5.41) is 1.68. The maximum absolute atomic E-state index is 12.8. The van der Waals surface area contributed by atoms with Gasteiger partial charge in [-0.2, -0.15) is 0 Å². The number of rotatable bonds is 7. The van der Waals surface area contributed by atoms with E-state index in [-0.39, 0.29) is 11.9 Å². The molecule has 0 atom stereocenters. The molecule has 0 radical (unpaired) electrons. The Morgan fingerprint density at radius 2 is 1.78 bits per heavy atom. The second-order valence-corrected chi connectivity index (χ2v) is 9.58. The van der Waals surface area contributed by atoms with Crippen molar-refractivity contribution < 1.29 is 19.1 Å². The van der Waals surface area contributed by atoms with Gasteiger partial charge in [0.2, 0.25) is 0 Å². The van der Waals surface area contributed by atoms with E-state index in [1.54, 1.807) is 50.4 Å². The number of carbonyl (C=O) groups is 2. The molecule has 1 saturated heterocycles. The van der Waals surface area contributed by atoms with Gasteiger partial charge in [-0.15, -0.1) is 0 Å². The molecule has 1 heterocycles. The van der Waals surface area contributed by atoms with Crippen LogP contribution in [0, 0.1) is 0 Å². The molecule has 0 aromatic heterocycles. The van der Waals surface area contributed by atoms with Crippen molar-refractivity contribution in [3.05, 3.63) is 98.4 Å². The molecule has 4 rings (SSSR count). The van der Waals surface area contributed by atoms with Crippen molar-refractivity contribution in [2.75, 3.05) is 13.7 Å². The largest absolute Gasteiger partial charge is 0.489 e. The predicted octanol–water partition coefficient (Wildman–Crippen LogP) is 6.98. The third-order valence-corrected chi connectivity index (χ3v) is 6.84. The first-order valence-electron chi connectivity index (χ1n) is 11.0. The van der Waals surface area contributed by atoms with Gasteiger partial charge >= 0.3 is 5.97 Å². The summed E-state index contributed by atoms with van der Waals surface area (Å²) in [5.41, 5.74) is 2.78. The monoisotopic (exact) mass is 540 g/mol. The van der Waals surface area contributed by atoms with E-state index < -0.39 is 0 Å². The van der Waals surface area contributed by atoms with Crippen LogP contribution in [0.3, 0.4) is 0 Å². The molecule has 3 aromatic rings. The number of esters is 1. The van der Waals surface area contributed by atoms with Gasteiger partial charge in [-0.1, -0.05) is 41.4 Å². The highest BCUT2D eigenvalue weighted by Gasteiger charge is 2.30. The maximum Gasteiger partial charge on any atom is 0.338 e. The Kier molecular flexibility index (Phi) is 8.36. The summed E-state index contributed by atoms with van der Waals surface area (Å²) >= 11 is 13.4. The maximum atomic E-state index is 12.8. The standard InChI is InChI=1S/C27H22Cl2N2O4S/c1-3-34-26(33)18-7-10-21(11-8-18)30-27-31(2)25(32)24(36-27)14-17-4-12-22(13-5-17)35-16-19-6-9-20(28)15-23(19)29/h4-15H,3,16H2,1-2H3/b24-14-,30-27?. The molecule has 0 saturated carbocycles. The molecule has 36 heavy (non-hydrogen) atoms. The average Bonchev–Trinajstić information content (AvgIpc) is 3.12. The third-order valence-electron chi connectivity index (χ3n) is 5.19. The lowest BCUT2D eigenvalue weighted by Gasteiger charge is -2.08. The quantitative estimate of drug-likeness (QED) is 0.238. The minimum absolute atomic E-state index is 0.139. The molecule has 3 aromatic carbocycles. The Morgan fingerprint density at radius 1 is 1.06 bits per heavy atom. The molecule has 1 aliphatic rings. The first-order valence-corrected chi connectivity index (χ1v) is 12.6. The van der Waals surface area contributed by atoms with Gasteiger partial charge < -0.3 is 9.47 Å². The normalized spacial score (nSPS) is 15.6. The molecule has 1 fully saturated rings. The van der Waals surface area contributed by atoms with Crippen molar-refractivity contribution >= 4 is 63.8 Å². The summed E-state index contributed by atoms with van der Waals surface area (Å²) in [6, 6.07) is 19.5. The topological polar surface area (TPSA) is 68.2 Å². The van der Waals surface area contributed by atoms with Crippen molar-refractivity contribution in [2.45, 2.75) is 13.5 Å². The second-order valence-electron chi connectivity index (χ2n) is 7.73. The molecule has 6 nitrogen and oxygen atoms in total. The Bertz CT molecular complexity index is 1340. The Morgan fingerprint density at radius 3 is 2.44 bits per heavy atom. The van der Waals surface area contributed by atoms with E-state index >= 15 is 0 Å². The lowest BCUT2D eigenvalue weighted by Crippen LogP contribution is -2.23. The van der Waals surface area contributed by atoms with Crippen LogP contribution in [0.5, 0.6) is 5.75 Å². The second kappa shape index (κ2) is 11.6. The lowest BCUT2D eigenvalue weighted by molar-refractivity contribution is -0.121. The van der Waals surface area contributed by atoms with Crippen molar-refractivity contribution in [2.24, 2.45) is 4.99 Å². The number of hydrogen-bond acceptors (Lipinski definition) is 6. The van der Waals surface area contributed by atoms with Crippen LogP contribution in [0.1, 0.15) is 28.4 Å². The molecule has 184 valence electrons. The number of ether oxygens (including phenoxy) is 2. The first-order chi connectivity index (χ1) is 17.3. The Balaban J connectivity index is 1.42. The van der Waals surface area contributed by atoms with Crippen LogP contribution < -0.4 is 4.74 Å². The molecule has 9 heteroatoms. The highest BCUT2D eigenvalue weighted by Crippen LogP contribution is 2.33. The Labute approximate surface area is 223 Å². The fourth-order valence-corrected chi connectivity index (χ4v) is 4.71. The van der Waals surface area contributed by atoms with E-state index in [0.29, 0.717) is 50.3 Å². The van der Waals surface area contributed by atoms with Crippen LogP contribution in [-0.2, 0) is 16.1 Å². The van der Waals surface area contributed by atoms with E-state index in [1.807, 2.05) is 36.4 Å². The zero-order valence-corrected chi connectivity index (χ0v) is 21.9. The molecule has 1 amide bonds. The summed E-state index contributed by atoms with van der Waals surface area (Å²) in [6.45, 7) is 2.39. The average molecular weight is 541 g/mol. The number of nitrogens with zero attached hydrogens (tertiary/aromatic N) is 2. The van der Waals surface area contributed by atoms with Gasteiger partial charge in [0.25, 0.3) is 5.91 Å². The Hall–Kier alpha value is -3.26. The van der Waals surface area contributed by atoms with E-state index in [4.69, 9.17) is 32.7 Å². The highest BCUT2D eigenvalue weighted by atomic mass is 35.5. The predicted molar refractivity (Wildman–Crippen MR) is 145 cm³/mol. The van der Waals surface area contributed by atoms with Gasteiger partial charge in [-0.05, 0) is 78.9 Å². The van der Waals surface area contributed by atoms with E-state index in [0.717, 1.165) is 11.1 Å². The number of aliphatic imine (C=N–C) groups is 1. The first kappa shape index (κ1) is 25.8. The van der Waals surface area contributed by atoms with E-state index in [1.165, 1.54) is 16.7 Å². The molecule has 0 N–H and O–H groups in total. The number of likely N-dealkylation sites (N-methyl/N-ethyl adjacent to an activating group) is 1. The van der Waals surface area contributed by atoms with Gasteiger partial charge in [-0.3, -0.25) is 9.69 Å². The summed E-state index contributed by atoms with van der Waals surface area (Å²) < 4.78 is 10.8. The minimum atomic E-state index is -0.380. The van der Waals surface area contributed by atoms with Crippen LogP contribution in [0.25, 0.3) is 6.08 Å². The number of amidine groups is 1. The van der Waals surface area contributed by atoms with E-state index in [2.05, 4.69) is 4.99 Å². The van der Waals surface area contributed by atoms with E-state index in [9.17, 15) is 9.59 Å². The molecular weight excluding hydrogens is 519 g/mol. The van der Waals surface area contributed by atoms with Gasteiger partial charge in [-0.25, -0.2) is 9.79 Å². The van der Waals surface area contributed by atoms with Gasteiger partial charge in [0, 0.05) is 22.7 Å². The van der Waals surface area contributed by atoms with Crippen LogP contribution in [0.15, 0.2) is 76.6 Å². The number of thioether (sulfide) groups is 1. The lowest BCUT2D eigenvalue weighted by atomic mass is 10.2. The summed E-state index contributed by atoms with van der Waals surface area (Å²) in [4.78, 5) is 31.2. The van der Waals surface area contributed by atoms with Crippen molar-refractivity contribution in [1.29, 1.82) is 0 Å². The third kappa shape index (κ3) is 6.29. The summed E-state index contributed by atoms with van der Waals surface area (Å²) in [5.74, 6) is 0.161. The van der Waals surface area contributed by atoms with Crippen LogP contribution in [0.4, 0.5) is 5.69 Å². The van der Waals surface area contributed by atoms with Gasteiger partial charge in [0.15, 0.2) is 5.17 Å². The number of hydrogen-bond donors (Lipinski definition) is 0. The highest BCUT2D eigenvalue weighted by molar-refractivity contribution is 8.18. The smallest absolute Gasteiger partial charge is 0.338 e. The van der Waals surface area contributed by atoms with Crippen molar-refractivity contribution in [3.8, 4) is 5.75 Å². The number of amides is 1. The number of halogens is 2.